The van der Waals surface area contributed by atoms with Crippen molar-refractivity contribution in [2.24, 2.45) is 0 Å². The Morgan fingerprint density at radius 3 is 2.95 bits per heavy atom. The zero-order chi connectivity index (χ0) is 14.7. The minimum Gasteiger partial charge on any atom is -0.494 e. The summed E-state index contributed by atoms with van der Waals surface area (Å²) in [6.07, 6.45) is 1.61. The molecule has 3 rings (SSSR count). The van der Waals surface area contributed by atoms with Crippen LogP contribution in [0.1, 0.15) is 18.1 Å². The van der Waals surface area contributed by atoms with Gasteiger partial charge in [0.15, 0.2) is 0 Å². The van der Waals surface area contributed by atoms with Crippen molar-refractivity contribution < 1.29 is 4.74 Å². The highest BCUT2D eigenvalue weighted by atomic mass is 32.1. The Kier molecular flexibility index (Phi) is 4.01. The monoisotopic (exact) mass is 299 g/mol. The molecule has 0 radical (unpaired) electrons. The van der Waals surface area contributed by atoms with Gasteiger partial charge < -0.3 is 10.1 Å². The van der Waals surface area contributed by atoms with Crippen LogP contribution in [0.4, 0.5) is 5.82 Å². The lowest BCUT2D eigenvalue weighted by atomic mass is 10.2. The molecule has 1 aromatic carbocycles. The van der Waals surface area contributed by atoms with Gasteiger partial charge in [0, 0.05) is 12.1 Å². The Morgan fingerprint density at radius 2 is 2.10 bits per heavy atom. The van der Waals surface area contributed by atoms with Gasteiger partial charge in [0.05, 0.1) is 12.0 Å². The highest BCUT2D eigenvalue weighted by Crippen LogP contribution is 2.29. The molecule has 5 heteroatoms. The molecule has 2 aromatic heterocycles. The average molecular weight is 299 g/mol. The highest BCUT2D eigenvalue weighted by molar-refractivity contribution is 7.17. The molecule has 0 spiro atoms. The largest absolute Gasteiger partial charge is 0.494 e. The summed E-state index contributed by atoms with van der Waals surface area (Å²) in [6, 6.07) is 8.06. The second-order valence-corrected chi connectivity index (χ2v) is 5.57. The zero-order valence-corrected chi connectivity index (χ0v) is 12.9. The van der Waals surface area contributed by atoms with Gasteiger partial charge in [-0.1, -0.05) is 18.2 Å². The smallest absolute Gasteiger partial charge is 0.138 e. The first-order chi connectivity index (χ1) is 10.3. The fraction of sp³-hybridized carbons (Fsp3) is 0.250. The van der Waals surface area contributed by atoms with Crippen molar-refractivity contribution in [3.8, 4) is 5.75 Å². The molecule has 0 amide bonds. The topological polar surface area (TPSA) is 47.0 Å². The molecule has 0 fully saturated rings. The van der Waals surface area contributed by atoms with E-state index in [1.165, 1.54) is 5.56 Å². The second-order valence-electron chi connectivity index (χ2n) is 4.72. The minimum absolute atomic E-state index is 0.665. The summed E-state index contributed by atoms with van der Waals surface area (Å²) >= 11 is 1.65. The van der Waals surface area contributed by atoms with E-state index in [9.17, 15) is 0 Å². The van der Waals surface area contributed by atoms with E-state index in [1.54, 1.807) is 17.7 Å². The number of fused-ring (bicyclic) bond motifs is 1. The number of hydrogen-bond donors (Lipinski definition) is 1. The number of hydrogen-bond acceptors (Lipinski definition) is 5. The van der Waals surface area contributed by atoms with E-state index in [1.807, 2.05) is 25.1 Å². The van der Waals surface area contributed by atoms with E-state index in [-0.39, 0.29) is 0 Å². The Bertz CT molecular complexity index is 754. The molecule has 0 atom stereocenters. The number of para-hydroxylation sites is 1. The molecule has 4 nitrogen and oxygen atoms in total. The molecule has 0 saturated carbocycles. The number of nitrogens with zero attached hydrogens (tertiary/aromatic N) is 2. The lowest BCUT2D eigenvalue weighted by Gasteiger charge is -2.11. The second kappa shape index (κ2) is 6.10. The molecule has 2 heterocycles. The molecule has 1 N–H and O–H groups in total. The van der Waals surface area contributed by atoms with Crippen molar-refractivity contribution in [2.45, 2.75) is 20.4 Å². The van der Waals surface area contributed by atoms with E-state index in [0.717, 1.165) is 27.3 Å². The van der Waals surface area contributed by atoms with E-state index < -0.39 is 0 Å². The van der Waals surface area contributed by atoms with Gasteiger partial charge >= 0.3 is 0 Å². The summed E-state index contributed by atoms with van der Waals surface area (Å²) in [7, 11) is 0. The Morgan fingerprint density at radius 1 is 1.24 bits per heavy atom. The number of nitrogens with one attached hydrogen (secondary N) is 1. The summed E-state index contributed by atoms with van der Waals surface area (Å²) in [5.74, 6) is 1.80. The van der Waals surface area contributed by atoms with Crippen molar-refractivity contribution in [1.29, 1.82) is 0 Å². The molecule has 21 heavy (non-hydrogen) atoms. The van der Waals surface area contributed by atoms with Crippen molar-refractivity contribution in [2.75, 3.05) is 11.9 Å². The first-order valence-corrected chi connectivity index (χ1v) is 7.81. The maximum Gasteiger partial charge on any atom is 0.138 e. The Balaban J connectivity index is 1.85. The predicted octanol–water partition coefficient (Wildman–Crippen LogP) is 4.01. The van der Waals surface area contributed by atoms with Crippen molar-refractivity contribution in [3.63, 3.8) is 0 Å². The number of aryl methyl sites for hydroxylation is 1. The van der Waals surface area contributed by atoms with Crippen LogP contribution in [0.5, 0.6) is 5.75 Å². The van der Waals surface area contributed by atoms with Gasteiger partial charge in [-0.2, -0.15) is 0 Å². The van der Waals surface area contributed by atoms with Crippen LogP contribution in [0.2, 0.25) is 0 Å². The van der Waals surface area contributed by atoms with Gasteiger partial charge in [-0.3, -0.25) is 0 Å². The predicted molar refractivity (Wildman–Crippen MR) is 87.1 cm³/mol. The van der Waals surface area contributed by atoms with Crippen LogP contribution in [0.15, 0.2) is 36.0 Å². The third-order valence-electron chi connectivity index (χ3n) is 3.27. The van der Waals surface area contributed by atoms with Crippen LogP contribution in [-0.2, 0) is 6.54 Å². The molecule has 0 aliphatic carbocycles. The third-order valence-corrected chi connectivity index (χ3v) is 4.28. The average Bonchev–Trinajstić information content (AvgIpc) is 2.89. The molecule has 0 saturated heterocycles. The maximum absolute atomic E-state index is 5.65. The van der Waals surface area contributed by atoms with E-state index >= 15 is 0 Å². The van der Waals surface area contributed by atoms with Crippen LogP contribution in [0.3, 0.4) is 0 Å². The van der Waals surface area contributed by atoms with Crippen LogP contribution < -0.4 is 10.1 Å². The lowest BCUT2D eigenvalue weighted by molar-refractivity contribution is 0.337. The molecular formula is C16H17N3OS. The van der Waals surface area contributed by atoms with E-state index in [0.29, 0.717) is 13.2 Å². The Labute approximate surface area is 127 Å². The highest BCUT2D eigenvalue weighted by Gasteiger charge is 2.09. The molecular weight excluding hydrogens is 282 g/mol. The van der Waals surface area contributed by atoms with Gasteiger partial charge in [0.25, 0.3) is 0 Å². The van der Waals surface area contributed by atoms with Gasteiger partial charge in [-0.25, -0.2) is 9.97 Å². The minimum atomic E-state index is 0.665. The number of anilines is 1. The molecule has 0 aliphatic rings. The third kappa shape index (κ3) is 2.83. The van der Waals surface area contributed by atoms with Crippen molar-refractivity contribution in [3.05, 3.63) is 47.1 Å². The molecule has 0 bridgehead atoms. The lowest BCUT2D eigenvalue weighted by Crippen LogP contribution is -2.05. The summed E-state index contributed by atoms with van der Waals surface area (Å²) < 4.78 is 5.65. The number of benzene rings is 1. The summed E-state index contributed by atoms with van der Waals surface area (Å²) in [4.78, 5) is 9.70. The summed E-state index contributed by atoms with van der Waals surface area (Å²) in [5, 5.41) is 6.62. The number of rotatable bonds is 5. The number of aromatic nitrogens is 2. The van der Waals surface area contributed by atoms with E-state index in [2.05, 4.69) is 33.7 Å². The molecule has 3 aromatic rings. The maximum atomic E-state index is 5.65. The van der Waals surface area contributed by atoms with Gasteiger partial charge in [-0.15, -0.1) is 11.3 Å². The van der Waals surface area contributed by atoms with Gasteiger partial charge in [0.1, 0.15) is 22.7 Å². The van der Waals surface area contributed by atoms with Gasteiger partial charge in [-0.05, 0) is 30.9 Å². The Hall–Kier alpha value is -2.14. The van der Waals surface area contributed by atoms with Crippen molar-refractivity contribution in [1.82, 2.24) is 9.97 Å². The fourth-order valence-electron chi connectivity index (χ4n) is 2.28. The summed E-state index contributed by atoms with van der Waals surface area (Å²) in [6.45, 7) is 5.42. The SMILES string of the molecule is CCOc1ccccc1CNc1ncnc2scc(C)c12. The number of ether oxygens (including phenoxy) is 1. The van der Waals surface area contributed by atoms with Crippen LogP contribution in [-0.4, -0.2) is 16.6 Å². The normalized spacial score (nSPS) is 10.8. The van der Waals surface area contributed by atoms with Crippen LogP contribution >= 0.6 is 11.3 Å². The standard InChI is InChI=1S/C16H17N3OS/c1-3-20-13-7-5-4-6-12(13)8-17-15-14-11(2)9-21-16(14)19-10-18-15/h4-7,9-10H,3,8H2,1-2H3,(H,17,18,19). The quantitative estimate of drug-likeness (QED) is 0.773. The van der Waals surface area contributed by atoms with Crippen molar-refractivity contribution >= 4 is 27.4 Å². The molecule has 108 valence electrons. The first-order valence-electron chi connectivity index (χ1n) is 6.93. The first kappa shape index (κ1) is 13.8. The molecule has 0 unspecified atom stereocenters. The number of thiophene rings is 1. The summed E-state index contributed by atoms with van der Waals surface area (Å²) in [5.41, 5.74) is 2.33. The molecule has 0 aliphatic heterocycles. The van der Waals surface area contributed by atoms with Crippen LogP contribution in [0.25, 0.3) is 10.2 Å². The van der Waals surface area contributed by atoms with E-state index in [4.69, 9.17) is 4.74 Å². The van der Waals surface area contributed by atoms with Crippen LogP contribution in [0, 0.1) is 6.92 Å². The zero-order valence-electron chi connectivity index (χ0n) is 12.1. The van der Waals surface area contributed by atoms with Gasteiger partial charge in [0.2, 0.25) is 0 Å². The fourth-order valence-corrected chi connectivity index (χ4v) is 3.17.